The fraction of sp³-hybridized carbons (Fsp3) is 0.545. The van der Waals surface area contributed by atoms with Gasteiger partial charge in [0.1, 0.15) is 12.2 Å². The number of nitrogens with zero attached hydrogens (tertiary/aromatic N) is 4. The summed E-state index contributed by atoms with van der Waals surface area (Å²) >= 11 is 0. The maximum Gasteiger partial charge on any atom is 0.363 e. The highest BCUT2D eigenvalue weighted by molar-refractivity contribution is 5.90. The van der Waals surface area contributed by atoms with E-state index in [-0.39, 0.29) is 5.91 Å². The van der Waals surface area contributed by atoms with Crippen LogP contribution in [0.5, 0.6) is 0 Å². The van der Waals surface area contributed by atoms with Gasteiger partial charge < -0.3 is 14.7 Å². The molecule has 0 aliphatic carbocycles. The molecule has 1 aliphatic heterocycles. The number of aromatic nitrogens is 2. The number of hydrogen-bond acceptors (Lipinski definition) is 6. The number of rotatable bonds is 4. The highest BCUT2D eigenvalue weighted by Gasteiger charge is 2.30. The summed E-state index contributed by atoms with van der Waals surface area (Å²) in [6, 6.07) is -0.824. The van der Waals surface area contributed by atoms with Crippen molar-refractivity contribution in [2.75, 3.05) is 26.3 Å². The fourth-order valence-electron chi connectivity index (χ4n) is 2.03. The van der Waals surface area contributed by atoms with Gasteiger partial charge in [-0.2, -0.15) is 5.10 Å². The topological polar surface area (TPSA) is 128 Å². The van der Waals surface area contributed by atoms with Gasteiger partial charge in [0.25, 0.3) is 0 Å². The van der Waals surface area contributed by atoms with Crippen LogP contribution < -0.4 is 0 Å². The van der Waals surface area contributed by atoms with Crippen molar-refractivity contribution in [1.29, 1.82) is 0 Å². The van der Waals surface area contributed by atoms with Gasteiger partial charge in [0.05, 0.1) is 18.1 Å². The van der Waals surface area contributed by atoms with Gasteiger partial charge in [0, 0.05) is 13.1 Å². The van der Waals surface area contributed by atoms with E-state index in [4.69, 9.17) is 9.84 Å². The van der Waals surface area contributed by atoms with Crippen molar-refractivity contribution in [1.82, 2.24) is 14.7 Å². The second-order valence-electron chi connectivity index (χ2n) is 4.52. The Morgan fingerprint density at radius 1 is 1.48 bits per heavy atom. The van der Waals surface area contributed by atoms with Crippen molar-refractivity contribution in [3.8, 4) is 0 Å². The first-order valence-electron chi connectivity index (χ1n) is 6.25. The van der Waals surface area contributed by atoms with E-state index in [1.807, 2.05) is 0 Å². The number of carbonyl (C=O) groups excluding carboxylic acids is 1. The maximum atomic E-state index is 12.3. The summed E-state index contributed by atoms with van der Waals surface area (Å²) in [5.74, 6) is -1.79. The molecule has 1 atom stereocenters. The van der Waals surface area contributed by atoms with Crippen molar-refractivity contribution >= 4 is 17.6 Å². The van der Waals surface area contributed by atoms with Gasteiger partial charge in [-0.05, 0) is 6.92 Å². The lowest BCUT2D eigenvalue weighted by Crippen LogP contribution is -2.43. The van der Waals surface area contributed by atoms with Gasteiger partial charge in [-0.15, -0.1) is 0 Å². The lowest BCUT2D eigenvalue weighted by Gasteiger charge is -2.29. The molecule has 21 heavy (non-hydrogen) atoms. The van der Waals surface area contributed by atoms with E-state index >= 15 is 0 Å². The van der Waals surface area contributed by atoms with Crippen LogP contribution in [-0.4, -0.2) is 62.9 Å². The Kier molecular flexibility index (Phi) is 4.17. The SMILES string of the molecule is CC(C(=O)N1CCOCC1)n1cc([N+](=O)[O-])c(C(=O)O)n1. The van der Waals surface area contributed by atoms with E-state index in [0.29, 0.717) is 26.3 Å². The molecule has 0 bridgehead atoms. The molecule has 0 spiro atoms. The second-order valence-corrected chi connectivity index (χ2v) is 4.52. The van der Waals surface area contributed by atoms with Gasteiger partial charge in [0.15, 0.2) is 0 Å². The van der Waals surface area contributed by atoms with Crippen LogP contribution >= 0.6 is 0 Å². The summed E-state index contributed by atoms with van der Waals surface area (Å²) in [7, 11) is 0. The zero-order valence-corrected chi connectivity index (χ0v) is 11.3. The summed E-state index contributed by atoms with van der Waals surface area (Å²) in [6.45, 7) is 3.23. The molecule has 1 fully saturated rings. The van der Waals surface area contributed by atoms with Gasteiger partial charge in [-0.3, -0.25) is 19.6 Å². The molecule has 2 rings (SSSR count). The fourth-order valence-corrected chi connectivity index (χ4v) is 2.03. The number of carbonyl (C=O) groups is 2. The number of morpholine rings is 1. The minimum Gasteiger partial charge on any atom is -0.476 e. The summed E-state index contributed by atoms with van der Waals surface area (Å²) in [5, 5.41) is 23.4. The number of nitro groups is 1. The van der Waals surface area contributed by atoms with Crippen molar-refractivity contribution in [2.45, 2.75) is 13.0 Å². The molecule has 1 amide bonds. The Labute approximate surface area is 119 Å². The van der Waals surface area contributed by atoms with E-state index in [2.05, 4.69) is 5.10 Å². The first kappa shape index (κ1) is 14.9. The molecule has 0 radical (unpaired) electrons. The number of carboxylic acid groups (broad SMARTS) is 1. The minimum atomic E-state index is -1.51. The number of aromatic carboxylic acids is 1. The van der Waals surface area contributed by atoms with Gasteiger partial charge in [0.2, 0.25) is 11.6 Å². The Bertz CT molecular complexity index is 546. The smallest absolute Gasteiger partial charge is 0.363 e. The Morgan fingerprint density at radius 2 is 2.10 bits per heavy atom. The number of hydrogen-bond donors (Lipinski definition) is 1. The molecule has 10 heteroatoms. The lowest BCUT2D eigenvalue weighted by molar-refractivity contribution is -0.385. The monoisotopic (exact) mass is 298 g/mol. The second kappa shape index (κ2) is 5.87. The van der Waals surface area contributed by atoms with Crippen LogP contribution in [0.15, 0.2) is 6.20 Å². The number of ether oxygens (including phenoxy) is 1. The Balaban J connectivity index is 2.24. The Hall–Kier alpha value is -2.49. The van der Waals surface area contributed by atoms with Crippen molar-refractivity contribution in [2.24, 2.45) is 0 Å². The van der Waals surface area contributed by atoms with Crippen LogP contribution in [0, 0.1) is 10.1 Å². The van der Waals surface area contributed by atoms with Crippen LogP contribution in [0.4, 0.5) is 5.69 Å². The molecule has 10 nitrogen and oxygen atoms in total. The van der Waals surface area contributed by atoms with E-state index in [0.717, 1.165) is 10.9 Å². The first-order chi connectivity index (χ1) is 9.91. The molecule has 2 heterocycles. The largest absolute Gasteiger partial charge is 0.476 e. The molecular formula is C11H14N4O6. The highest BCUT2D eigenvalue weighted by Crippen LogP contribution is 2.20. The summed E-state index contributed by atoms with van der Waals surface area (Å²) < 4.78 is 6.15. The van der Waals surface area contributed by atoms with E-state index in [1.54, 1.807) is 4.90 Å². The van der Waals surface area contributed by atoms with Crippen molar-refractivity contribution in [3.05, 3.63) is 22.0 Å². The van der Waals surface area contributed by atoms with Gasteiger partial charge >= 0.3 is 11.7 Å². The third-order valence-corrected chi connectivity index (χ3v) is 3.19. The van der Waals surface area contributed by atoms with E-state index in [9.17, 15) is 19.7 Å². The molecule has 1 aromatic rings. The normalized spacial score (nSPS) is 16.5. The van der Waals surface area contributed by atoms with E-state index in [1.165, 1.54) is 6.92 Å². The van der Waals surface area contributed by atoms with E-state index < -0.39 is 28.3 Å². The summed E-state index contributed by atoms with van der Waals surface area (Å²) in [4.78, 5) is 34.7. The molecule has 114 valence electrons. The van der Waals surface area contributed by atoms with Crippen LogP contribution in [0.1, 0.15) is 23.5 Å². The highest BCUT2D eigenvalue weighted by atomic mass is 16.6. The molecule has 1 saturated heterocycles. The van der Waals surface area contributed by atoms with Crippen LogP contribution in [0.25, 0.3) is 0 Å². The quantitative estimate of drug-likeness (QED) is 0.607. The predicted molar refractivity (Wildman–Crippen MR) is 68.0 cm³/mol. The predicted octanol–water partition coefficient (Wildman–Crippen LogP) is -0.0907. The minimum absolute atomic E-state index is 0.285. The molecule has 1 unspecified atom stereocenters. The average Bonchev–Trinajstić information content (AvgIpc) is 2.92. The summed E-state index contributed by atoms with van der Waals surface area (Å²) in [6.07, 6.45) is 0.965. The third kappa shape index (κ3) is 2.99. The van der Waals surface area contributed by atoms with Crippen LogP contribution in [0.2, 0.25) is 0 Å². The maximum absolute atomic E-state index is 12.3. The standard InChI is InChI=1S/C11H14N4O6/c1-7(10(16)13-2-4-21-5-3-13)14-6-8(15(19)20)9(12-14)11(17)18/h6-7H,2-5H2,1H3,(H,17,18). The molecule has 0 saturated carbocycles. The third-order valence-electron chi connectivity index (χ3n) is 3.19. The molecule has 1 aromatic heterocycles. The molecular weight excluding hydrogens is 284 g/mol. The zero-order chi connectivity index (χ0) is 15.6. The first-order valence-corrected chi connectivity index (χ1v) is 6.25. The molecule has 1 aliphatic rings. The van der Waals surface area contributed by atoms with Crippen molar-refractivity contribution < 1.29 is 24.4 Å². The number of carboxylic acids is 1. The van der Waals surface area contributed by atoms with Crippen molar-refractivity contribution in [3.63, 3.8) is 0 Å². The molecule has 1 N–H and O–H groups in total. The zero-order valence-electron chi connectivity index (χ0n) is 11.3. The lowest BCUT2D eigenvalue weighted by atomic mass is 10.2. The van der Waals surface area contributed by atoms with Gasteiger partial charge in [-0.1, -0.05) is 0 Å². The Morgan fingerprint density at radius 3 is 2.57 bits per heavy atom. The van der Waals surface area contributed by atoms with Crippen LogP contribution in [0.3, 0.4) is 0 Å². The summed E-state index contributed by atoms with van der Waals surface area (Å²) in [5.41, 5.74) is -1.31. The van der Waals surface area contributed by atoms with Crippen LogP contribution in [-0.2, 0) is 9.53 Å². The molecule has 0 aromatic carbocycles. The number of amides is 1. The van der Waals surface area contributed by atoms with Gasteiger partial charge in [-0.25, -0.2) is 4.79 Å². The average molecular weight is 298 g/mol.